The van der Waals surface area contributed by atoms with E-state index in [1.54, 1.807) is 30.3 Å². The van der Waals surface area contributed by atoms with Crippen LogP contribution in [0.25, 0.3) is 0 Å². The SMILES string of the molecule is CC(=O)OCc1cc(C(O)CNC(C)(C)C)ccc1OC(=O)c1ccc(C)cc1.CS(=O)(=O)O. The first-order valence-corrected chi connectivity index (χ1v) is 12.3. The van der Waals surface area contributed by atoms with E-state index in [4.69, 9.17) is 14.0 Å². The average molecular weight is 496 g/mol. The lowest BCUT2D eigenvalue weighted by atomic mass is 10.0. The highest BCUT2D eigenvalue weighted by atomic mass is 32.2. The van der Waals surface area contributed by atoms with Gasteiger partial charge in [-0.1, -0.05) is 23.8 Å². The molecule has 0 heterocycles. The van der Waals surface area contributed by atoms with Gasteiger partial charge in [0.25, 0.3) is 10.1 Å². The van der Waals surface area contributed by atoms with Crippen molar-refractivity contribution in [1.29, 1.82) is 0 Å². The zero-order valence-electron chi connectivity index (χ0n) is 20.3. The van der Waals surface area contributed by atoms with E-state index in [0.717, 1.165) is 5.56 Å². The molecule has 3 N–H and O–H groups in total. The van der Waals surface area contributed by atoms with Crippen LogP contribution in [0.5, 0.6) is 5.75 Å². The topological polar surface area (TPSA) is 139 Å². The van der Waals surface area contributed by atoms with Crippen molar-refractivity contribution in [2.75, 3.05) is 12.8 Å². The van der Waals surface area contributed by atoms with Gasteiger partial charge >= 0.3 is 11.9 Å². The van der Waals surface area contributed by atoms with Crippen molar-refractivity contribution >= 4 is 22.1 Å². The number of hydrogen-bond donors (Lipinski definition) is 3. The van der Waals surface area contributed by atoms with Crippen LogP contribution in [-0.2, 0) is 26.3 Å². The number of ether oxygens (including phenoxy) is 2. The maximum Gasteiger partial charge on any atom is 0.343 e. The van der Waals surface area contributed by atoms with Gasteiger partial charge < -0.3 is 19.9 Å². The fourth-order valence-electron chi connectivity index (χ4n) is 2.57. The molecule has 0 aliphatic heterocycles. The lowest BCUT2D eigenvalue weighted by molar-refractivity contribution is -0.142. The molecule has 1 atom stereocenters. The Kier molecular flexibility index (Phi) is 10.8. The monoisotopic (exact) mass is 495 g/mol. The molecule has 2 aromatic rings. The largest absolute Gasteiger partial charge is 0.461 e. The first-order valence-electron chi connectivity index (χ1n) is 10.5. The normalized spacial score (nSPS) is 12.2. The maximum atomic E-state index is 12.5. The summed E-state index contributed by atoms with van der Waals surface area (Å²) in [7, 11) is -3.67. The molecular weight excluding hydrogens is 462 g/mol. The number of carbonyl (C=O) groups excluding carboxylic acids is 2. The number of aliphatic hydroxyl groups excluding tert-OH is 1. The quantitative estimate of drug-likeness (QED) is 0.300. The van der Waals surface area contributed by atoms with Crippen molar-refractivity contribution in [1.82, 2.24) is 5.32 Å². The predicted molar refractivity (Wildman–Crippen MR) is 128 cm³/mol. The van der Waals surface area contributed by atoms with Crippen LogP contribution >= 0.6 is 0 Å². The first kappa shape index (κ1) is 29.2. The Morgan fingerprint density at radius 2 is 1.65 bits per heavy atom. The molecule has 188 valence electrons. The van der Waals surface area contributed by atoms with Gasteiger partial charge in [-0.15, -0.1) is 0 Å². The van der Waals surface area contributed by atoms with E-state index in [0.29, 0.717) is 29.5 Å². The minimum absolute atomic E-state index is 0.0564. The van der Waals surface area contributed by atoms with Crippen LogP contribution in [0.3, 0.4) is 0 Å². The Labute approximate surface area is 200 Å². The van der Waals surface area contributed by atoms with E-state index < -0.39 is 28.2 Å². The molecule has 10 heteroatoms. The molecule has 0 aromatic heterocycles. The van der Waals surface area contributed by atoms with E-state index in [2.05, 4.69) is 5.32 Å². The molecule has 0 bridgehead atoms. The van der Waals surface area contributed by atoms with Crippen molar-refractivity contribution in [2.24, 2.45) is 0 Å². The number of β-amino-alcohol motifs (C(OH)–C–C–N with tert-alkyl or cyclic N) is 1. The molecular formula is C24H33NO8S. The number of carbonyl (C=O) groups is 2. The fourth-order valence-corrected chi connectivity index (χ4v) is 2.57. The van der Waals surface area contributed by atoms with Crippen molar-refractivity contribution in [3.63, 3.8) is 0 Å². The van der Waals surface area contributed by atoms with Crippen LogP contribution in [0.4, 0.5) is 0 Å². The Morgan fingerprint density at radius 1 is 1.09 bits per heavy atom. The highest BCUT2D eigenvalue weighted by Crippen LogP contribution is 2.26. The van der Waals surface area contributed by atoms with Crippen LogP contribution in [0.15, 0.2) is 42.5 Å². The minimum atomic E-state index is -3.67. The minimum Gasteiger partial charge on any atom is -0.461 e. The first-order chi connectivity index (χ1) is 15.5. The van der Waals surface area contributed by atoms with E-state index in [-0.39, 0.29) is 17.9 Å². The third kappa shape index (κ3) is 12.4. The summed E-state index contributed by atoms with van der Waals surface area (Å²) in [5.74, 6) is -0.658. The molecule has 0 radical (unpaired) electrons. The van der Waals surface area contributed by atoms with Gasteiger partial charge in [0, 0.05) is 24.6 Å². The zero-order chi connectivity index (χ0) is 26.1. The Bertz CT molecular complexity index is 1070. The highest BCUT2D eigenvalue weighted by molar-refractivity contribution is 7.85. The van der Waals surface area contributed by atoms with E-state index >= 15 is 0 Å². The summed E-state index contributed by atoms with van der Waals surface area (Å²) in [5.41, 5.74) is 2.48. The molecule has 0 saturated carbocycles. The number of nitrogens with one attached hydrogen (secondary N) is 1. The van der Waals surface area contributed by atoms with E-state index in [1.807, 2.05) is 39.8 Å². The molecule has 1 unspecified atom stereocenters. The van der Waals surface area contributed by atoms with Gasteiger partial charge in [-0.25, -0.2) is 4.79 Å². The lowest BCUT2D eigenvalue weighted by Gasteiger charge is -2.23. The Hall–Kier alpha value is -2.79. The second-order valence-electron chi connectivity index (χ2n) is 8.78. The van der Waals surface area contributed by atoms with Crippen LogP contribution < -0.4 is 10.1 Å². The Morgan fingerprint density at radius 3 is 2.15 bits per heavy atom. The van der Waals surface area contributed by atoms with Gasteiger partial charge in [0.05, 0.1) is 17.9 Å². The molecule has 0 saturated heterocycles. The summed E-state index contributed by atoms with van der Waals surface area (Å²) in [6.45, 7) is 9.59. The summed E-state index contributed by atoms with van der Waals surface area (Å²) in [6.07, 6.45) is -0.0420. The highest BCUT2D eigenvalue weighted by Gasteiger charge is 2.18. The summed E-state index contributed by atoms with van der Waals surface area (Å²) in [5, 5.41) is 13.7. The molecule has 2 aromatic carbocycles. The molecule has 0 aliphatic carbocycles. The van der Waals surface area contributed by atoms with Crippen molar-refractivity contribution < 1.29 is 37.1 Å². The summed E-state index contributed by atoms with van der Waals surface area (Å²) in [4.78, 5) is 23.7. The molecule has 34 heavy (non-hydrogen) atoms. The van der Waals surface area contributed by atoms with Gasteiger partial charge in [-0.05, 0) is 57.5 Å². The summed E-state index contributed by atoms with van der Waals surface area (Å²) in [6, 6.07) is 12.1. The third-order valence-corrected chi connectivity index (χ3v) is 4.22. The van der Waals surface area contributed by atoms with Crippen molar-refractivity contribution in [3.8, 4) is 5.75 Å². The summed E-state index contributed by atoms with van der Waals surface area (Å²) >= 11 is 0. The molecule has 0 aliphatic rings. The van der Waals surface area contributed by atoms with Gasteiger partial charge in [0.15, 0.2) is 0 Å². The fraction of sp³-hybridized carbons (Fsp3) is 0.417. The van der Waals surface area contributed by atoms with Gasteiger partial charge in [0.2, 0.25) is 0 Å². The number of aryl methyl sites for hydroxylation is 1. The van der Waals surface area contributed by atoms with Crippen LogP contribution in [0.2, 0.25) is 0 Å². The number of benzene rings is 2. The van der Waals surface area contributed by atoms with Gasteiger partial charge in [0.1, 0.15) is 12.4 Å². The zero-order valence-corrected chi connectivity index (χ0v) is 21.1. The van der Waals surface area contributed by atoms with E-state index in [9.17, 15) is 23.1 Å². The van der Waals surface area contributed by atoms with Crippen molar-refractivity contribution in [2.45, 2.75) is 52.9 Å². The second-order valence-corrected chi connectivity index (χ2v) is 10.2. The number of hydrogen-bond acceptors (Lipinski definition) is 8. The van der Waals surface area contributed by atoms with Crippen LogP contribution in [-0.4, -0.2) is 48.4 Å². The van der Waals surface area contributed by atoms with Gasteiger partial charge in [-0.2, -0.15) is 8.42 Å². The average Bonchev–Trinajstić information content (AvgIpc) is 2.69. The van der Waals surface area contributed by atoms with Gasteiger partial charge in [-0.3, -0.25) is 9.35 Å². The molecule has 0 fully saturated rings. The Balaban J connectivity index is 0.00000104. The second kappa shape index (κ2) is 12.6. The molecule has 0 amide bonds. The smallest absolute Gasteiger partial charge is 0.343 e. The lowest BCUT2D eigenvalue weighted by Crippen LogP contribution is -2.38. The van der Waals surface area contributed by atoms with Crippen LogP contribution in [0, 0.1) is 6.92 Å². The van der Waals surface area contributed by atoms with Crippen LogP contribution in [0.1, 0.15) is 60.8 Å². The maximum absolute atomic E-state index is 12.5. The third-order valence-electron chi connectivity index (χ3n) is 4.22. The number of rotatable bonds is 7. The van der Waals surface area contributed by atoms with E-state index in [1.165, 1.54) is 6.92 Å². The number of esters is 2. The summed E-state index contributed by atoms with van der Waals surface area (Å²) < 4.78 is 36.5. The van der Waals surface area contributed by atoms with Crippen molar-refractivity contribution in [3.05, 3.63) is 64.7 Å². The standard InChI is InChI=1S/C23H29NO5.CH4O3S/c1-15-6-8-17(9-7-15)22(27)29-21-11-10-18(12-19(21)14-28-16(2)25)20(26)13-24-23(3,4)5;1-5(2,3)4/h6-12,20,24,26H,13-14H2,1-5H3;1H3,(H,2,3,4). The predicted octanol–water partition coefficient (Wildman–Crippen LogP) is 3.20. The molecule has 0 spiro atoms. The molecule has 2 rings (SSSR count). The number of aliphatic hydroxyl groups is 1. The molecule has 9 nitrogen and oxygen atoms in total.